The zero-order chi connectivity index (χ0) is 18.4. The van der Waals surface area contributed by atoms with Crippen LogP contribution in [0.15, 0.2) is 54.9 Å². The number of hydrogen-bond donors (Lipinski definition) is 2. The minimum atomic E-state index is -1.29. The number of pyridine rings is 1. The molecule has 0 amide bonds. The van der Waals surface area contributed by atoms with Crippen LogP contribution in [0.3, 0.4) is 0 Å². The van der Waals surface area contributed by atoms with Crippen molar-refractivity contribution in [1.82, 2.24) is 9.55 Å². The van der Waals surface area contributed by atoms with E-state index in [0.29, 0.717) is 16.3 Å². The monoisotopic (exact) mass is 354 g/mol. The lowest BCUT2D eigenvalue weighted by molar-refractivity contribution is 0.198. The number of carboxylic acid groups (broad SMARTS) is 1. The Labute approximate surface area is 145 Å². The molecule has 0 spiro atoms. The maximum absolute atomic E-state index is 13.9. The number of aliphatic hydroxyl groups is 1. The van der Waals surface area contributed by atoms with Gasteiger partial charge in [-0.25, -0.2) is 18.1 Å². The number of aliphatic hydroxyl groups excluding tert-OH is 1. The standard InChI is InChI=1S/C19H12F2N2O3/c20-11-2-4-13-12-3-1-10(18(24)14-5-6-22-9-15(14)21)7-16(12)23(19(25)26)17(13)8-11/h1-9,18,24H,(H,25,26). The summed E-state index contributed by atoms with van der Waals surface area (Å²) in [6, 6.07) is 9.93. The smallest absolute Gasteiger partial charge is 0.416 e. The number of rotatable bonds is 2. The number of aromatic nitrogens is 2. The zero-order valence-electron chi connectivity index (χ0n) is 13.2. The van der Waals surface area contributed by atoms with Crippen LogP contribution in [0.4, 0.5) is 13.6 Å². The molecule has 0 saturated carbocycles. The van der Waals surface area contributed by atoms with Gasteiger partial charge < -0.3 is 10.2 Å². The maximum atomic E-state index is 13.9. The third kappa shape index (κ3) is 2.41. The first kappa shape index (κ1) is 16.2. The van der Waals surface area contributed by atoms with Crippen molar-refractivity contribution >= 4 is 27.9 Å². The zero-order valence-corrected chi connectivity index (χ0v) is 13.2. The highest BCUT2D eigenvalue weighted by Gasteiger charge is 2.20. The summed E-state index contributed by atoms with van der Waals surface area (Å²) in [7, 11) is 0. The number of nitrogens with zero attached hydrogens (tertiary/aromatic N) is 2. The van der Waals surface area contributed by atoms with E-state index in [1.807, 2.05) is 0 Å². The fourth-order valence-corrected chi connectivity index (χ4v) is 3.17. The van der Waals surface area contributed by atoms with Gasteiger partial charge in [0.25, 0.3) is 0 Å². The molecular formula is C19H12F2N2O3. The van der Waals surface area contributed by atoms with Gasteiger partial charge in [-0.2, -0.15) is 0 Å². The number of fused-ring (bicyclic) bond motifs is 3. The second-order valence-electron chi connectivity index (χ2n) is 5.86. The predicted octanol–water partition coefficient (Wildman–Crippen LogP) is 4.08. The van der Waals surface area contributed by atoms with E-state index in [1.54, 1.807) is 12.1 Å². The molecule has 1 atom stereocenters. The lowest BCUT2D eigenvalue weighted by Crippen LogP contribution is -2.08. The first-order valence-electron chi connectivity index (χ1n) is 7.72. The molecule has 1 unspecified atom stereocenters. The molecule has 0 radical (unpaired) electrons. The van der Waals surface area contributed by atoms with E-state index in [9.17, 15) is 23.8 Å². The molecule has 0 aliphatic carbocycles. The molecule has 2 aromatic heterocycles. The largest absolute Gasteiger partial charge is 0.464 e. The highest BCUT2D eigenvalue weighted by atomic mass is 19.1. The van der Waals surface area contributed by atoms with Gasteiger partial charge in [-0.1, -0.05) is 12.1 Å². The van der Waals surface area contributed by atoms with Crippen LogP contribution in [0.5, 0.6) is 0 Å². The molecule has 0 bridgehead atoms. The third-order valence-electron chi connectivity index (χ3n) is 4.36. The fourth-order valence-electron chi connectivity index (χ4n) is 3.17. The average molecular weight is 354 g/mol. The molecule has 2 heterocycles. The van der Waals surface area contributed by atoms with Crippen LogP contribution >= 0.6 is 0 Å². The van der Waals surface area contributed by atoms with Crippen LogP contribution in [-0.4, -0.2) is 25.9 Å². The minimum Gasteiger partial charge on any atom is -0.464 e. The van der Waals surface area contributed by atoms with E-state index < -0.39 is 23.8 Å². The Morgan fingerprint density at radius 2 is 1.73 bits per heavy atom. The van der Waals surface area contributed by atoms with E-state index in [4.69, 9.17) is 0 Å². The van der Waals surface area contributed by atoms with Crippen LogP contribution in [0, 0.1) is 11.6 Å². The summed E-state index contributed by atoms with van der Waals surface area (Å²) in [6.45, 7) is 0. The van der Waals surface area contributed by atoms with Crippen LogP contribution in [0.1, 0.15) is 17.2 Å². The summed E-state index contributed by atoms with van der Waals surface area (Å²) in [6.07, 6.45) is -0.220. The summed E-state index contributed by atoms with van der Waals surface area (Å²) < 4.78 is 28.4. The average Bonchev–Trinajstić information content (AvgIpc) is 2.94. The number of halogens is 2. The second-order valence-corrected chi connectivity index (χ2v) is 5.86. The molecule has 0 aliphatic rings. The van der Waals surface area contributed by atoms with Gasteiger partial charge in [0.05, 0.1) is 17.2 Å². The van der Waals surface area contributed by atoms with Crippen LogP contribution in [0.2, 0.25) is 0 Å². The summed E-state index contributed by atoms with van der Waals surface area (Å²) in [4.78, 5) is 15.4. The van der Waals surface area contributed by atoms with Gasteiger partial charge in [-0.05, 0) is 35.9 Å². The predicted molar refractivity (Wildman–Crippen MR) is 91.1 cm³/mol. The Hall–Kier alpha value is -3.32. The lowest BCUT2D eigenvalue weighted by atomic mass is 10.0. The molecule has 0 saturated heterocycles. The molecule has 2 N–H and O–H groups in total. The molecule has 0 aliphatic heterocycles. The topological polar surface area (TPSA) is 75.3 Å². The van der Waals surface area contributed by atoms with E-state index in [-0.39, 0.29) is 16.6 Å². The van der Waals surface area contributed by atoms with Gasteiger partial charge in [-0.15, -0.1) is 0 Å². The quantitative estimate of drug-likeness (QED) is 0.569. The number of carbonyl (C=O) groups is 1. The van der Waals surface area contributed by atoms with Crippen LogP contribution in [-0.2, 0) is 0 Å². The van der Waals surface area contributed by atoms with Gasteiger partial charge in [0.2, 0.25) is 0 Å². The van der Waals surface area contributed by atoms with Gasteiger partial charge in [0.1, 0.15) is 17.7 Å². The third-order valence-corrected chi connectivity index (χ3v) is 4.36. The Morgan fingerprint density at radius 1 is 1.04 bits per heavy atom. The highest BCUT2D eigenvalue weighted by molar-refractivity contribution is 6.12. The van der Waals surface area contributed by atoms with Gasteiger partial charge in [0, 0.05) is 22.5 Å². The summed E-state index contributed by atoms with van der Waals surface area (Å²) >= 11 is 0. The molecule has 7 heteroatoms. The van der Waals surface area contributed by atoms with Crippen molar-refractivity contribution < 1.29 is 23.8 Å². The Kier molecular flexibility index (Phi) is 3.66. The van der Waals surface area contributed by atoms with E-state index in [2.05, 4.69) is 4.98 Å². The van der Waals surface area contributed by atoms with E-state index >= 15 is 0 Å². The van der Waals surface area contributed by atoms with Crippen molar-refractivity contribution in [3.63, 3.8) is 0 Å². The SMILES string of the molecule is O=C(O)n1c2cc(F)ccc2c2ccc(C(O)c3ccncc3F)cc21. The summed E-state index contributed by atoms with van der Waals surface area (Å²) in [5, 5.41) is 21.2. The molecule has 4 rings (SSSR count). The Balaban J connectivity index is 1.98. The van der Waals surface area contributed by atoms with Crippen molar-refractivity contribution in [2.24, 2.45) is 0 Å². The molecule has 2 aromatic carbocycles. The summed E-state index contributed by atoms with van der Waals surface area (Å²) in [5.41, 5.74) is 0.829. The minimum absolute atomic E-state index is 0.0309. The van der Waals surface area contributed by atoms with Crippen molar-refractivity contribution in [2.45, 2.75) is 6.10 Å². The highest BCUT2D eigenvalue weighted by Crippen LogP contribution is 2.33. The molecule has 26 heavy (non-hydrogen) atoms. The molecule has 0 fully saturated rings. The lowest BCUT2D eigenvalue weighted by Gasteiger charge is -2.12. The van der Waals surface area contributed by atoms with Gasteiger partial charge in [-0.3, -0.25) is 4.98 Å². The molecular weight excluding hydrogens is 342 g/mol. The number of hydrogen-bond acceptors (Lipinski definition) is 3. The first-order valence-corrected chi connectivity index (χ1v) is 7.72. The second kappa shape index (κ2) is 5.89. The van der Waals surface area contributed by atoms with Gasteiger partial charge in [0.15, 0.2) is 0 Å². The summed E-state index contributed by atoms with van der Waals surface area (Å²) in [5.74, 6) is -1.22. The van der Waals surface area contributed by atoms with E-state index in [0.717, 1.165) is 16.8 Å². The van der Waals surface area contributed by atoms with Crippen molar-refractivity contribution in [3.05, 3.63) is 77.6 Å². The van der Waals surface area contributed by atoms with E-state index in [1.165, 1.54) is 30.5 Å². The normalized spacial score (nSPS) is 12.6. The first-order chi connectivity index (χ1) is 12.5. The number of benzene rings is 2. The Bertz CT molecular complexity index is 1170. The van der Waals surface area contributed by atoms with Crippen LogP contribution < -0.4 is 0 Å². The van der Waals surface area contributed by atoms with Crippen molar-refractivity contribution in [3.8, 4) is 0 Å². The molecule has 130 valence electrons. The van der Waals surface area contributed by atoms with Crippen molar-refractivity contribution in [2.75, 3.05) is 0 Å². The fraction of sp³-hybridized carbons (Fsp3) is 0.0526. The Morgan fingerprint density at radius 3 is 2.42 bits per heavy atom. The van der Waals surface area contributed by atoms with Crippen molar-refractivity contribution in [1.29, 1.82) is 0 Å². The van der Waals surface area contributed by atoms with Gasteiger partial charge >= 0.3 is 6.09 Å². The molecule has 5 nitrogen and oxygen atoms in total. The van der Waals surface area contributed by atoms with Crippen LogP contribution in [0.25, 0.3) is 21.8 Å². The maximum Gasteiger partial charge on any atom is 0.416 e. The molecule has 4 aromatic rings.